The van der Waals surface area contributed by atoms with Crippen LogP contribution in [0.2, 0.25) is 5.02 Å². The zero-order valence-corrected chi connectivity index (χ0v) is 13.3. The van der Waals surface area contributed by atoms with Crippen molar-refractivity contribution in [3.8, 4) is 16.9 Å². The summed E-state index contributed by atoms with van der Waals surface area (Å²) >= 11 is 6.11. The molecule has 0 bridgehead atoms. The molecule has 1 heterocycles. The van der Waals surface area contributed by atoms with Crippen molar-refractivity contribution >= 4 is 17.4 Å². The van der Waals surface area contributed by atoms with Crippen molar-refractivity contribution in [3.63, 3.8) is 0 Å². The molecule has 0 aliphatic rings. The Morgan fingerprint density at radius 1 is 1.38 bits per heavy atom. The fourth-order valence-corrected chi connectivity index (χ4v) is 2.42. The molecule has 2 aromatic rings. The lowest BCUT2D eigenvalue weighted by atomic mass is 10.0. The second-order valence-electron chi connectivity index (χ2n) is 4.62. The first-order valence-electron chi connectivity index (χ1n) is 6.81. The van der Waals surface area contributed by atoms with E-state index in [0.717, 1.165) is 22.6 Å². The normalized spacial score (nSPS) is 10.9. The van der Waals surface area contributed by atoms with E-state index in [1.807, 2.05) is 26.1 Å². The van der Waals surface area contributed by atoms with Crippen molar-refractivity contribution in [2.75, 3.05) is 26.1 Å². The van der Waals surface area contributed by atoms with Crippen molar-refractivity contribution in [1.82, 2.24) is 9.78 Å². The third-order valence-corrected chi connectivity index (χ3v) is 3.52. The molecular formula is C15H20ClN3O2. The summed E-state index contributed by atoms with van der Waals surface area (Å²) in [7, 11) is 3.44. The number of nitrogens with two attached hydrogens (primary N) is 1. The van der Waals surface area contributed by atoms with E-state index in [1.165, 1.54) is 0 Å². The number of aromatic nitrogens is 2. The smallest absolute Gasteiger partial charge is 0.129 e. The van der Waals surface area contributed by atoms with Crippen LogP contribution in [0.15, 0.2) is 18.2 Å². The lowest BCUT2D eigenvalue weighted by molar-refractivity contribution is 0.150. The third-order valence-electron chi connectivity index (χ3n) is 3.28. The van der Waals surface area contributed by atoms with Crippen LogP contribution < -0.4 is 10.5 Å². The van der Waals surface area contributed by atoms with Gasteiger partial charge < -0.3 is 15.2 Å². The van der Waals surface area contributed by atoms with E-state index in [4.69, 9.17) is 26.8 Å². The number of aryl methyl sites for hydroxylation is 1. The van der Waals surface area contributed by atoms with Gasteiger partial charge in [-0.25, -0.2) is 0 Å². The van der Waals surface area contributed by atoms with Crippen molar-refractivity contribution in [1.29, 1.82) is 0 Å². The van der Waals surface area contributed by atoms with E-state index >= 15 is 0 Å². The maximum Gasteiger partial charge on any atom is 0.129 e. The Balaban J connectivity index is 2.49. The maximum absolute atomic E-state index is 6.17. The average Bonchev–Trinajstić information content (AvgIpc) is 2.74. The van der Waals surface area contributed by atoms with Gasteiger partial charge in [0, 0.05) is 30.7 Å². The van der Waals surface area contributed by atoms with Crippen LogP contribution in [0.1, 0.15) is 12.6 Å². The Hall–Kier alpha value is -1.72. The third kappa shape index (κ3) is 3.31. The molecule has 0 unspecified atom stereocenters. The molecule has 0 atom stereocenters. The Bertz CT molecular complexity index is 626. The van der Waals surface area contributed by atoms with Crippen molar-refractivity contribution in [2.24, 2.45) is 7.05 Å². The summed E-state index contributed by atoms with van der Waals surface area (Å²) in [4.78, 5) is 0. The van der Waals surface area contributed by atoms with Gasteiger partial charge in [0.1, 0.15) is 11.6 Å². The van der Waals surface area contributed by atoms with Gasteiger partial charge in [0.15, 0.2) is 0 Å². The van der Waals surface area contributed by atoms with Gasteiger partial charge in [-0.1, -0.05) is 11.6 Å². The summed E-state index contributed by atoms with van der Waals surface area (Å²) in [5, 5.41) is 5.11. The number of hydrogen-bond donors (Lipinski definition) is 1. The summed E-state index contributed by atoms with van der Waals surface area (Å²) in [5.41, 5.74) is 8.76. The highest BCUT2D eigenvalue weighted by Gasteiger charge is 2.19. The number of methoxy groups -OCH3 is 1. The first kappa shape index (κ1) is 15.7. The van der Waals surface area contributed by atoms with E-state index in [-0.39, 0.29) is 0 Å². The molecule has 5 nitrogen and oxygen atoms in total. The van der Waals surface area contributed by atoms with Gasteiger partial charge in [-0.3, -0.25) is 4.68 Å². The van der Waals surface area contributed by atoms with Crippen molar-refractivity contribution < 1.29 is 9.47 Å². The lowest BCUT2D eigenvalue weighted by Gasteiger charge is -2.10. The molecule has 114 valence electrons. The van der Waals surface area contributed by atoms with Gasteiger partial charge in [-0.2, -0.15) is 5.10 Å². The highest BCUT2D eigenvalue weighted by molar-refractivity contribution is 6.31. The summed E-state index contributed by atoms with van der Waals surface area (Å²) in [5.74, 6) is 1.30. The molecule has 0 saturated carbocycles. The fraction of sp³-hybridized carbons (Fsp3) is 0.400. The van der Waals surface area contributed by atoms with E-state index in [0.29, 0.717) is 30.5 Å². The molecule has 6 heteroatoms. The van der Waals surface area contributed by atoms with Gasteiger partial charge in [-0.05, 0) is 25.1 Å². The molecule has 21 heavy (non-hydrogen) atoms. The molecule has 0 fully saturated rings. The minimum absolute atomic E-state index is 0.585. The minimum atomic E-state index is 0.585. The second-order valence-corrected chi connectivity index (χ2v) is 5.06. The van der Waals surface area contributed by atoms with E-state index in [1.54, 1.807) is 17.9 Å². The summed E-state index contributed by atoms with van der Waals surface area (Å²) in [6.07, 6.45) is 0.684. The van der Waals surface area contributed by atoms with Crippen LogP contribution in [-0.4, -0.2) is 30.1 Å². The van der Waals surface area contributed by atoms with Gasteiger partial charge in [0.25, 0.3) is 0 Å². The number of ether oxygens (including phenoxy) is 2. The number of halogens is 1. The van der Waals surface area contributed by atoms with Crippen LogP contribution in [0.25, 0.3) is 11.1 Å². The minimum Gasteiger partial charge on any atom is -0.496 e. The van der Waals surface area contributed by atoms with Gasteiger partial charge in [-0.15, -0.1) is 0 Å². The number of nitrogens with zero attached hydrogens (tertiary/aromatic N) is 2. The predicted molar refractivity (Wildman–Crippen MR) is 84.8 cm³/mol. The summed E-state index contributed by atoms with van der Waals surface area (Å²) in [6, 6.07) is 5.46. The van der Waals surface area contributed by atoms with Crippen molar-refractivity contribution in [2.45, 2.75) is 13.3 Å². The van der Waals surface area contributed by atoms with E-state index in [9.17, 15) is 0 Å². The van der Waals surface area contributed by atoms with Crippen LogP contribution in [0.4, 0.5) is 5.82 Å². The van der Waals surface area contributed by atoms with Crippen LogP contribution in [-0.2, 0) is 18.2 Å². The number of rotatable bonds is 6. The molecule has 1 aromatic carbocycles. The molecule has 0 saturated heterocycles. The number of anilines is 1. The molecule has 2 rings (SSSR count). The molecule has 0 aliphatic heterocycles. The first-order chi connectivity index (χ1) is 10.1. The molecular weight excluding hydrogens is 290 g/mol. The van der Waals surface area contributed by atoms with E-state index in [2.05, 4.69) is 5.10 Å². The van der Waals surface area contributed by atoms with E-state index < -0.39 is 0 Å². The number of nitrogen functional groups attached to an aromatic ring is 1. The first-order valence-corrected chi connectivity index (χ1v) is 7.19. The molecule has 2 N–H and O–H groups in total. The van der Waals surface area contributed by atoms with Crippen LogP contribution in [0.5, 0.6) is 5.75 Å². The van der Waals surface area contributed by atoms with Crippen molar-refractivity contribution in [3.05, 3.63) is 28.9 Å². The fourth-order valence-electron chi connectivity index (χ4n) is 2.25. The Morgan fingerprint density at radius 3 is 2.81 bits per heavy atom. The predicted octanol–water partition coefficient (Wildman–Crippen LogP) is 2.91. The van der Waals surface area contributed by atoms with Crippen LogP contribution in [0.3, 0.4) is 0 Å². The largest absolute Gasteiger partial charge is 0.496 e. The molecule has 0 aliphatic carbocycles. The lowest BCUT2D eigenvalue weighted by Crippen LogP contribution is -2.01. The van der Waals surface area contributed by atoms with Crippen LogP contribution >= 0.6 is 11.6 Å². The molecule has 0 amide bonds. The quantitative estimate of drug-likeness (QED) is 0.833. The number of benzene rings is 1. The Morgan fingerprint density at radius 2 is 2.14 bits per heavy atom. The van der Waals surface area contributed by atoms with Gasteiger partial charge in [0.05, 0.1) is 25.0 Å². The zero-order chi connectivity index (χ0) is 15.4. The maximum atomic E-state index is 6.17. The monoisotopic (exact) mass is 309 g/mol. The summed E-state index contributed by atoms with van der Waals surface area (Å²) < 4.78 is 12.5. The summed E-state index contributed by atoms with van der Waals surface area (Å²) in [6.45, 7) is 3.24. The van der Waals surface area contributed by atoms with Crippen LogP contribution in [0, 0.1) is 0 Å². The average molecular weight is 310 g/mol. The molecule has 0 spiro atoms. The highest BCUT2D eigenvalue weighted by atomic mass is 35.5. The number of hydrogen-bond acceptors (Lipinski definition) is 4. The van der Waals surface area contributed by atoms with Gasteiger partial charge in [0.2, 0.25) is 0 Å². The Labute approximate surface area is 129 Å². The topological polar surface area (TPSA) is 62.3 Å². The zero-order valence-electron chi connectivity index (χ0n) is 12.5. The standard InChI is InChI=1S/C15H20ClN3O2/c1-4-21-8-7-12-14(15(17)19(2)18-12)11-9-10(16)5-6-13(11)20-3/h5-6,9H,4,7-8,17H2,1-3H3. The van der Waals surface area contributed by atoms with Gasteiger partial charge >= 0.3 is 0 Å². The SMILES string of the molecule is CCOCCc1nn(C)c(N)c1-c1cc(Cl)ccc1OC. The highest BCUT2D eigenvalue weighted by Crippen LogP contribution is 2.38. The molecule has 0 radical (unpaired) electrons. The molecule has 1 aromatic heterocycles. The Kier molecular flexibility index (Phi) is 5.09. The second kappa shape index (κ2) is 6.83.